The van der Waals surface area contributed by atoms with E-state index >= 15 is 0 Å². The van der Waals surface area contributed by atoms with E-state index in [4.69, 9.17) is 9.47 Å². The van der Waals surface area contributed by atoms with Crippen molar-refractivity contribution in [2.75, 3.05) is 6.61 Å². The number of carbonyl (C=O) groups excluding carboxylic acids is 1. The summed E-state index contributed by atoms with van der Waals surface area (Å²) in [5.41, 5.74) is -0.617. The zero-order valence-corrected chi connectivity index (χ0v) is 12.0. The maximum Gasteiger partial charge on any atom is 0.573 e. The lowest BCUT2D eigenvalue weighted by molar-refractivity contribution is -0.275. The second-order valence-electron chi connectivity index (χ2n) is 5.18. The van der Waals surface area contributed by atoms with Crippen molar-refractivity contribution in [2.24, 2.45) is 0 Å². The van der Waals surface area contributed by atoms with Crippen LogP contribution in [0, 0.1) is 0 Å². The number of hydrogen-bond donors (Lipinski definition) is 0. The second kappa shape index (κ2) is 6.69. The summed E-state index contributed by atoms with van der Waals surface area (Å²) in [4.78, 5) is 11.4. The Labute approximate surface area is 120 Å². The fourth-order valence-electron chi connectivity index (χ4n) is 1.42. The van der Waals surface area contributed by atoms with Gasteiger partial charge in [0.05, 0.1) is 13.0 Å². The molecule has 0 atom stereocenters. The summed E-state index contributed by atoms with van der Waals surface area (Å²) in [6.07, 6.45) is -4.87. The van der Waals surface area contributed by atoms with Gasteiger partial charge in [-0.2, -0.15) is 0 Å². The predicted octanol–water partition coefficient (Wildman–Crippen LogP) is 3.70. The number of carbonyl (C=O) groups is 1. The standard InChI is InChI=1S/C14H17F3O4/c1-13(2,3)21-12(18)8-9-19-10-6-4-5-7-11(10)20-14(15,16)17/h4-7H,8-9H2,1-3H3. The molecule has 118 valence electrons. The summed E-state index contributed by atoms with van der Waals surface area (Å²) >= 11 is 0. The molecule has 0 N–H and O–H groups in total. The molecule has 1 aromatic carbocycles. The van der Waals surface area contributed by atoms with E-state index in [-0.39, 0.29) is 18.8 Å². The molecule has 0 saturated heterocycles. The largest absolute Gasteiger partial charge is 0.573 e. The van der Waals surface area contributed by atoms with Crippen molar-refractivity contribution in [3.8, 4) is 11.5 Å². The van der Waals surface area contributed by atoms with Crippen LogP contribution < -0.4 is 9.47 Å². The van der Waals surface area contributed by atoms with Crippen molar-refractivity contribution >= 4 is 5.97 Å². The van der Waals surface area contributed by atoms with Crippen molar-refractivity contribution in [1.29, 1.82) is 0 Å². The molecule has 4 nitrogen and oxygen atoms in total. The topological polar surface area (TPSA) is 44.8 Å². The molecule has 0 aliphatic carbocycles. The maximum atomic E-state index is 12.2. The summed E-state index contributed by atoms with van der Waals surface area (Å²) in [5.74, 6) is -1.02. The van der Waals surface area contributed by atoms with Crippen LogP contribution in [0.5, 0.6) is 11.5 Å². The van der Waals surface area contributed by atoms with Crippen LogP contribution in [-0.2, 0) is 9.53 Å². The van der Waals surface area contributed by atoms with Gasteiger partial charge in [-0.3, -0.25) is 4.79 Å². The molecule has 1 aromatic rings. The highest BCUT2D eigenvalue weighted by Gasteiger charge is 2.32. The van der Waals surface area contributed by atoms with Gasteiger partial charge in [-0.05, 0) is 32.9 Å². The highest BCUT2D eigenvalue weighted by atomic mass is 19.4. The number of esters is 1. The number of hydrogen-bond acceptors (Lipinski definition) is 4. The minimum absolute atomic E-state index is 0.0718. The van der Waals surface area contributed by atoms with E-state index in [1.54, 1.807) is 20.8 Å². The monoisotopic (exact) mass is 306 g/mol. The molecule has 7 heteroatoms. The minimum Gasteiger partial charge on any atom is -0.489 e. The van der Waals surface area contributed by atoms with Gasteiger partial charge in [-0.1, -0.05) is 12.1 Å². The fourth-order valence-corrected chi connectivity index (χ4v) is 1.42. The first-order valence-electron chi connectivity index (χ1n) is 6.26. The van der Waals surface area contributed by atoms with Gasteiger partial charge in [0.15, 0.2) is 11.5 Å². The van der Waals surface area contributed by atoms with Gasteiger partial charge in [0.1, 0.15) is 5.60 Å². The highest BCUT2D eigenvalue weighted by Crippen LogP contribution is 2.31. The molecule has 0 amide bonds. The number of ether oxygens (including phenoxy) is 3. The van der Waals surface area contributed by atoms with E-state index in [2.05, 4.69) is 4.74 Å². The molecule has 0 aliphatic heterocycles. The smallest absolute Gasteiger partial charge is 0.489 e. The lowest BCUT2D eigenvalue weighted by Crippen LogP contribution is -2.24. The Morgan fingerprint density at radius 3 is 2.19 bits per heavy atom. The highest BCUT2D eigenvalue weighted by molar-refractivity contribution is 5.70. The van der Waals surface area contributed by atoms with Crippen molar-refractivity contribution in [1.82, 2.24) is 0 Å². The lowest BCUT2D eigenvalue weighted by Gasteiger charge is -2.19. The second-order valence-corrected chi connectivity index (χ2v) is 5.18. The predicted molar refractivity (Wildman–Crippen MR) is 69.1 cm³/mol. The van der Waals surface area contributed by atoms with Gasteiger partial charge in [0.2, 0.25) is 0 Å². The summed E-state index contributed by atoms with van der Waals surface area (Å²) in [6.45, 7) is 5.06. The molecule has 21 heavy (non-hydrogen) atoms. The Bertz CT molecular complexity index is 478. The van der Waals surface area contributed by atoms with E-state index in [0.717, 1.165) is 6.07 Å². The quantitative estimate of drug-likeness (QED) is 0.778. The normalized spacial score (nSPS) is 11.9. The third-order valence-corrected chi connectivity index (χ3v) is 2.06. The van der Waals surface area contributed by atoms with Crippen LogP contribution in [0.2, 0.25) is 0 Å². The van der Waals surface area contributed by atoms with Gasteiger partial charge in [0, 0.05) is 0 Å². The Kier molecular flexibility index (Phi) is 5.46. The van der Waals surface area contributed by atoms with E-state index in [1.165, 1.54) is 18.2 Å². The average molecular weight is 306 g/mol. The summed E-state index contributed by atoms with van der Waals surface area (Å²) in [7, 11) is 0. The molecular formula is C14H17F3O4. The van der Waals surface area contributed by atoms with E-state index in [1.807, 2.05) is 0 Å². The maximum absolute atomic E-state index is 12.2. The number of benzene rings is 1. The van der Waals surface area contributed by atoms with Crippen molar-refractivity contribution in [2.45, 2.75) is 39.2 Å². The molecule has 0 radical (unpaired) electrons. The Morgan fingerprint density at radius 1 is 1.10 bits per heavy atom. The van der Waals surface area contributed by atoms with Crippen molar-refractivity contribution < 1.29 is 32.2 Å². The molecule has 0 saturated carbocycles. The fraction of sp³-hybridized carbons (Fsp3) is 0.500. The molecule has 0 heterocycles. The van der Waals surface area contributed by atoms with Gasteiger partial charge in [-0.25, -0.2) is 0 Å². The van der Waals surface area contributed by atoms with Crippen LogP contribution in [0.4, 0.5) is 13.2 Å². The Morgan fingerprint density at radius 2 is 1.67 bits per heavy atom. The molecule has 0 unspecified atom stereocenters. The Hall–Kier alpha value is -1.92. The van der Waals surface area contributed by atoms with Crippen LogP contribution in [0.25, 0.3) is 0 Å². The zero-order valence-electron chi connectivity index (χ0n) is 12.0. The zero-order chi connectivity index (χ0) is 16.1. The first kappa shape index (κ1) is 17.1. The Balaban J connectivity index is 2.54. The van der Waals surface area contributed by atoms with Crippen LogP contribution in [0.15, 0.2) is 24.3 Å². The molecule has 0 fully saturated rings. The van der Waals surface area contributed by atoms with Gasteiger partial charge < -0.3 is 14.2 Å². The molecule has 0 spiro atoms. The summed E-state index contributed by atoms with van der Waals surface area (Å²) < 4.78 is 50.6. The SMILES string of the molecule is CC(C)(C)OC(=O)CCOc1ccccc1OC(F)(F)F. The first-order chi connectivity index (χ1) is 9.57. The molecule has 1 rings (SSSR count). The molecule has 0 aliphatic rings. The van der Waals surface area contributed by atoms with Crippen LogP contribution in [0.1, 0.15) is 27.2 Å². The van der Waals surface area contributed by atoms with Crippen LogP contribution in [0.3, 0.4) is 0 Å². The first-order valence-corrected chi connectivity index (χ1v) is 6.26. The number of rotatable bonds is 5. The van der Waals surface area contributed by atoms with Gasteiger partial charge in [0.25, 0.3) is 0 Å². The minimum atomic E-state index is -4.80. The number of halogens is 3. The van der Waals surface area contributed by atoms with Crippen molar-refractivity contribution in [3.63, 3.8) is 0 Å². The average Bonchev–Trinajstić information content (AvgIpc) is 2.27. The van der Waals surface area contributed by atoms with Crippen molar-refractivity contribution in [3.05, 3.63) is 24.3 Å². The third-order valence-electron chi connectivity index (χ3n) is 2.06. The number of alkyl halides is 3. The molecular weight excluding hydrogens is 289 g/mol. The van der Waals surface area contributed by atoms with Crippen LogP contribution in [-0.4, -0.2) is 24.5 Å². The van der Waals surface area contributed by atoms with Gasteiger partial charge >= 0.3 is 12.3 Å². The van der Waals surface area contributed by atoms with E-state index < -0.39 is 23.7 Å². The summed E-state index contributed by atoms with van der Waals surface area (Å²) in [5, 5.41) is 0. The van der Waals surface area contributed by atoms with Crippen LogP contribution >= 0.6 is 0 Å². The van der Waals surface area contributed by atoms with E-state index in [9.17, 15) is 18.0 Å². The third kappa shape index (κ3) is 7.43. The lowest BCUT2D eigenvalue weighted by atomic mass is 10.2. The van der Waals surface area contributed by atoms with Gasteiger partial charge in [-0.15, -0.1) is 13.2 Å². The number of para-hydroxylation sites is 2. The molecule has 0 bridgehead atoms. The summed E-state index contributed by atoms with van der Waals surface area (Å²) in [6, 6.07) is 5.36. The van der Waals surface area contributed by atoms with E-state index in [0.29, 0.717) is 0 Å². The molecule has 0 aromatic heterocycles.